The van der Waals surface area contributed by atoms with Crippen LogP contribution in [0.4, 0.5) is 4.79 Å². The zero-order chi connectivity index (χ0) is 15.4. The molecule has 2 amide bonds. The first-order valence-corrected chi connectivity index (χ1v) is 8.72. The second-order valence-electron chi connectivity index (χ2n) is 6.72. The van der Waals surface area contributed by atoms with Crippen LogP contribution in [-0.2, 0) is 6.42 Å². The van der Waals surface area contributed by atoms with E-state index in [1.165, 1.54) is 12.0 Å². The lowest BCUT2D eigenvalue weighted by Crippen LogP contribution is -2.49. The van der Waals surface area contributed by atoms with Crippen molar-refractivity contribution >= 4 is 6.03 Å². The fraction of sp³-hybridized carbons (Fsp3) is 0.667. The minimum Gasteiger partial charge on any atom is -0.325 e. The van der Waals surface area contributed by atoms with Crippen LogP contribution in [0.3, 0.4) is 0 Å². The first-order chi connectivity index (χ1) is 10.8. The molecule has 0 unspecified atom stereocenters. The molecular weight excluding hydrogens is 274 g/mol. The quantitative estimate of drug-likeness (QED) is 0.857. The van der Waals surface area contributed by atoms with Crippen LogP contribution in [0.2, 0.25) is 0 Å². The molecule has 0 spiro atoms. The van der Waals surface area contributed by atoms with Crippen molar-refractivity contribution in [2.75, 3.05) is 13.1 Å². The molecule has 0 bridgehead atoms. The molecule has 0 aliphatic carbocycles. The van der Waals surface area contributed by atoms with Gasteiger partial charge in [-0.05, 0) is 63.5 Å². The number of hydrogen-bond acceptors (Lipinski definition) is 2. The van der Waals surface area contributed by atoms with E-state index in [0.717, 1.165) is 51.6 Å². The molecule has 2 aliphatic heterocycles. The van der Waals surface area contributed by atoms with Gasteiger partial charge in [0.15, 0.2) is 0 Å². The van der Waals surface area contributed by atoms with Crippen LogP contribution >= 0.6 is 0 Å². The van der Waals surface area contributed by atoms with Gasteiger partial charge in [0.1, 0.15) is 0 Å². The fourth-order valence-electron chi connectivity index (χ4n) is 3.83. The SMILES string of the molecule is C[C@@H]1CC[C@H](CCc2cccnc2)N1C(=O)N1CCCCC1. The highest BCUT2D eigenvalue weighted by Gasteiger charge is 2.36. The van der Waals surface area contributed by atoms with Crippen LogP contribution < -0.4 is 0 Å². The Bertz CT molecular complexity index is 484. The van der Waals surface area contributed by atoms with Gasteiger partial charge in [-0.1, -0.05) is 6.07 Å². The smallest absolute Gasteiger partial charge is 0.320 e. The third-order valence-electron chi connectivity index (χ3n) is 5.12. The first-order valence-electron chi connectivity index (χ1n) is 8.72. The molecule has 4 heteroatoms. The predicted octanol–water partition coefficient (Wildman–Crippen LogP) is 3.47. The van der Waals surface area contributed by atoms with Gasteiger partial charge in [-0.15, -0.1) is 0 Å². The number of amides is 2. The average Bonchev–Trinajstić information content (AvgIpc) is 2.95. The minimum absolute atomic E-state index is 0.279. The van der Waals surface area contributed by atoms with Crippen LogP contribution in [0, 0.1) is 0 Å². The summed E-state index contributed by atoms with van der Waals surface area (Å²) in [6, 6.07) is 5.17. The van der Waals surface area contributed by atoms with Gasteiger partial charge in [-0.25, -0.2) is 4.79 Å². The molecule has 1 aromatic rings. The standard InChI is InChI=1S/C18H27N3O/c1-15-7-9-17(10-8-16-6-5-11-19-14-16)21(15)18(22)20-12-3-2-4-13-20/h5-6,11,14-15,17H,2-4,7-10,12-13H2,1H3/t15-,17-/m1/s1. The molecule has 1 aromatic heterocycles. The monoisotopic (exact) mass is 301 g/mol. The molecule has 120 valence electrons. The normalized spacial score (nSPS) is 25.5. The Balaban J connectivity index is 1.61. The van der Waals surface area contributed by atoms with E-state index in [1.54, 1.807) is 0 Å². The Hall–Kier alpha value is -1.58. The van der Waals surface area contributed by atoms with Crippen molar-refractivity contribution in [2.45, 2.75) is 64.0 Å². The summed E-state index contributed by atoms with van der Waals surface area (Å²) in [6.45, 7) is 4.08. The molecule has 2 aliphatic rings. The zero-order valence-corrected chi connectivity index (χ0v) is 13.6. The van der Waals surface area contributed by atoms with Gasteiger partial charge < -0.3 is 9.80 Å². The number of carbonyl (C=O) groups is 1. The Kier molecular flexibility index (Phi) is 4.96. The van der Waals surface area contributed by atoms with E-state index in [0.29, 0.717) is 12.1 Å². The van der Waals surface area contributed by atoms with Gasteiger partial charge in [0.05, 0.1) is 0 Å². The molecule has 22 heavy (non-hydrogen) atoms. The number of aromatic nitrogens is 1. The van der Waals surface area contributed by atoms with Crippen molar-refractivity contribution in [1.29, 1.82) is 0 Å². The first kappa shape index (κ1) is 15.3. The van der Waals surface area contributed by atoms with Gasteiger partial charge in [0.25, 0.3) is 0 Å². The summed E-state index contributed by atoms with van der Waals surface area (Å²) in [5.41, 5.74) is 1.27. The molecule has 0 N–H and O–H groups in total. The lowest BCUT2D eigenvalue weighted by Gasteiger charge is -2.36. The molecule has 0 radical (unpaired) electrons. The van der Waals surface area contributed by atoms with Crippen LogP contribution in [0.5, 0.6) is 0 Å². The average molecular weight is 301 g/mol. The summed E-state index contributed by atoms with van der Waals surface area (Å²) < 4.78 is 0. The van der Waals surface area contributed by atoms with Crippen molar-refractivity contribution in [3.63, 3.8) is 0 Å². The molecule has 0 aromatic carbocycles. The van der Waals surface area contributed by atoms with Crippen molar-refractivity contribution < 1.29 is 4.79 Å². The second-order valence-corrected chi connectivity index (χ2v) is 6.72. The Morgan fingerprint density at radius 3 is 2.82 bits per heavy atom. The van der Waals surface area contributed by atoms with Crippen molar-refractivity contribution in [3.8, 4) is 0 Å². The summed E-state index contributed by atoms with van der Waals surface area (Å²) in [5, 5.41) is 0. The van der Waals surface area contributed by atoms with E-state index in [1.807, 2.05) is 18.5 Å². The second kappa shape index (κ2) is 7.12. The summed E-state index contributed by atoms with van der Waals surface area (Å²) in [4.78, 5) is 21.3. The number of carbonyl (C=O) groups excluding carboxylic acids is 1. The maximum absolute atomic E-state index is 12.9. The number of urea groups is 1. The van der Waals surface area contributed by atoms with Crippen LogP contribution in [-0.4, -0.2) is 46.0 Å². The van der Waals surface area contributed by atoms with Gasteiger partial charge in [0, 0.05) is 37.6 Å². The molecule has 4 nitrogen and oxygen atoms in total. The van der Waals surface area contributed by atoms with E-state index < -0.39 is 0 Å². The molecule has 3 rings (SSSR count). The fourth-order valence-corrected chi connectivity index (χ4v) is 3.83. The molecular formula is C18H27N3O. The maximum Gasteiger partial charge on any atom is 0.320 e. The van der Waals surface area contributed by atoms with Crippen molar-refractivity contribution in [2.24, 2.45) is 0 Å². The third-order valence-corrected chi connectivity index (χ3v) is 5.12. The minimum atomic E-state index is 0.279. The third kappa shape index (κ3) is 3.42. The molecule has 3 heterocycles. The largest absolute Gasteiger partial charge is 0.325 e. The number of aryl methyl sites for hydroxylation is 1. The van der Waals surface area contributed by atoms with E-state index in [-0.39, 0.29) is 6.03 Å². The molecule has 2 fully saturated rings. The van der Waals surface area contributed by atoms with Crippen molar-refractivity contribution in [3.05, 3.63) is 30.1 Å². The number of likely N-dealkylation sites (tertiary alicyclic amines) is 2. The highest BCUT2D eigenvalue weighted by Crippen LogP contribution is 2.29. The molecule has 0 saturated carbocycles. The van der Waals surface area contributed by atoms with Crippen LogP contribution in [0.25, 0.3) is 0 Å². The zero-order valence-electron chi connectivity index (χ0n) is 13.6. The Labute approximate surface area is 133 Å². The maximum atomic E-state index is 12.9. The predicted molar refractivity (Wildman–Crippen MR) is 87.7 cm³/mol. The lowest BCUT2D eigenvalue weighted by atomic mass is 10.0. The summed E-state index contributed by atoms with van der Waals surface area (Å²) in [7, 11) is 0. The summed E-state index contributed by atoms with van der Waals surface area (Å²) in [5.74, 6) is 0. The number of hydrogen-bond donors (Lipinski definition) is 0. The topological polar surface area (TPSA) is 36.4 Å². The van der Waals surface area contributed by atoms with E-state index in [4.69, 9.17) is 0 Å². The number of rotatable bonds is 3. The molecule has 2 atom stereocenters. The number of nitrogens with zero attached hydrogens (tertiary/aromatic N) is 3. The number of pyridine rings is 1. The lowest BCUT2D eigenvalue weighted by molar-refractivity contribution is 0.124. The summed E-state index contributed by atoms with van der Waals surface area (Å²) in [6.07, 6.45) is 11.7. The number of piperidine rings is 1. The van der Waals surface area contributed by atoms with Crippen molar-refractivity contribution in [1.82, 2.24) is 14.8 Å². The van der Waals surface area contributed by atoms with E-state index in [2.05, 4.69) is 27.8 Å². The van der Waals surface area contributed by atoms with Gasteiger partial charge >= 0.3 is 6.03 Å². The van der Waals surface area contributed by atoms with Crippen LogP contribution in [0.1, 0.15) is 51.0 Å². The van der Waals surface area contributed by atoms with Gasteiger partial charge in [-0.3, -0.25) is 4.98 Å². The summed E-state index contributed by atoms with van der Waals surface area (Å²) >= 11 is 0. The van der Waals surface area contributed by atoms with Crippen LogP contribution in [0.15, 0.2) is 24.5 Å². The molecule has 2 saturated heterocycles. The Morgan fingerprint density at radius 2 is 2.09 bits per heavy atom. The van der Waals surface area contributed by atoms with Gasteiger partial charge in [0.2, 0.25) is 0 Å². The van der Waals surface area contributed by atoms with Gasteiger partial charge in [-0.2, -0.15) is 0 Å². The van der Waals surface area contributed by atoms with E-state index in [9.17, 15) is 4.79 Å². The highest BCUT2D eigenvalue weighted by molar-refractivity contribution is 5.75. The Morgan fingerprint density at radius 1 is 1.27 bits per heavy atom. The van der Waals surface area contributed by atoms with E-state index >= 15 is 0 Å². The highest BCUT2D eigenvalue weighted by atomic mass is 16.2.